The Labute approximate surface area is 194 Å². The molecule has 1 saturated heterocycles. The second kappa shape index (κ2) is 9.78. The smallest absolute Gasteiger partial charge is 0.410 e. The zero-order chi connectivity index (χ0) is 24.2. The molecule has 1 heterocycles. The third kappa shape index (κ3) is 6.67. The number of carbonyl (C=O) groups excluding carboxylic acids is 1. The van der Waals surface area contributed by atoms with Crippen molar-refractivity contribution in [3.8, 4) is 0 Å². The number of sulfonamides is 1. The van der Waals surface area contributed by atoms with Crippen molar-refractivity contribution in [3.05, 3.63) is 59.4 Å². The van der Waals surface area contributed by atoms with Gasteiger partial charge in [-0.15, -0.1) is 0 Å². The number of piperazine rings is 1. The SMILES string of the molecule is Cc1ccc(S(=O)(=O)N/N=C/c2cc(F)ccc2N2CCN(C(=O)OC(C)(C)C)CC2)cc1. The van der Waals surface area contributed by atoms with Gasteiger partial charge in [-0.2, -0.15) is 13.5 Å². The van der Waals surface area contributed by atoms with E-state index in [9.17, 15) is 17.6 Å². The predicted molar refractivity (Wildman–Crippen MR) is 126 cm³/mol. The lowest BCUT2D eigenvalue weighted by atomic mass is 10.1. The molecule has 0 bridgehead atoms. The molecule has 33 heavy (non-hydrogen) atoms. The van der Waals surface area contributed by atoms with Crippen molar-refractivity contribution < 1.29 is 22.3 Å². The molecule has 1 aliphatic heterocycles. The molecule has 0 spiro atoms. The third-order valence-corrected chi connectivity index (χ3v) is 6.21. The quantitative estimate of drug-likeness (QED) is 0.527. The molecule has 8 nitrogen and oxygen atoms in total. The Morgan fingerprint density at radius 3 is 2.33 bits per heavy atom. The number of aryl methyl sites for hydroxylation is 1. The number of hydrogen-bond donors (Lipinski definition) is 1. The summed E-state index contributed by atoms with van der Waals surface area (Å²) in [5, 5.41) is 3.85. The Morgan fingerprint density at radius 1 is 1.09 bits per heavy atom. The summed E-state index contributed by atoms with van der Waals surface area (Å²) in [7, 11) is -3.84. The van der Waals surface area contributed by atoms with E-state index in [0.29, 0.717) is 37.4 Å². The maximum absolute atomic E-state index is 13.9. The number of anilines is 1. The molecule has 1 aliphatic rings. The predicted octanol–water partition coefficient (Wildman–Crippen LogP) is 3.50. The Kier molecular flexibility index (Phi) is 7.26. The lowest BCUT2D eigenvalue weighted by molar-refractivity contribution is 0.0240. The maximum Gasteiger partial charge on any atom is 0.410 e. The van der Waals surface area contributed by atoms with Crippen LogP contribution in [-0.4, -0.2) is 57.4 Å². The van der Waals surface area contributed by atoms with Gasteiger partial charge in [0.1, 0.15) is 11.4 Å². The summed E-state index contributed by atoms with van der Waals surface area (Å²) in [6.45, 7) is 9.24. The van der Waals surface area contributed by atoms with Crippen LogP contribution in [0.1, 0.15) is 31.9 Å². The van der Waals surface area contributed by atoms with Crippen molar-refractivity contribution in [2.45, 2.75) is 38.2 Å². The van der Waals surface area contributed by atoms with Crippen molar-refractivity contribution in [2.24, 2.45) is 5.10 Å². The van der Waals surface area contributed by atoms with E-state index in [1.807, 2.05) is 32.6 Å². The molecule has 178 valence electrons. The number of ether oxygens (including phenoxy) is 1. The van der Waals surface area contributed by atoms with Crippen molar-refractivity contribution in [2.75, 3.05) is 31.1 Å². The van der Waals surface area contributed by atoms with E-state index < -0.39 is 21.4 Å². The molecule has 0 atom stereocenters. The second-order valence-electron chi connectivity index (χ2n) is 8.82. The summed E-state index contributed by atoms with van der Waals surface area (Å²) in [6, 6.07) is 10.6. The van der Waals surface area contributed by atoms with Crippen LogP contribution >= 0.6 is 0 Å². The molecule has 2 aromatic rings. The van der Waals surface area contributed by atoms with Gasteiger partial charge in [-0.3, -0.25) is 0 Å². The van der Waals surface area contributed by atoms with Crippen LogP contribution in [0.15, 0.2) is 52.5 Å². The van der Waals surface area contributed by atoms with Gasteiger partial charge in [0.15, 0.2) is 0 Å². The average Bonchev–Trinajstić information content (AvgIpc) is 2.73. The molecular formula is C23H29FN4O4S. The first-order valence-electron chi connectivity index (χ1n) is 10.6. The van der Waals surface area contributed by atoms with Gasteiger partial charge in [0.05, 0.1) is 11.1 Å². The van der Waals surface area contributed by atoms with Gasteiger partial charge in [-0.25, -0.2) is 14.0 Å². The second-order valence-corrected chi connectivity index (χ2v) is 10.5. The molecule has 0 aromatic heterocycles. The van der Waals surface area contributed by atoms with Gasteiger partial charge in [0.25, 0.3) is 10.0 Å². The molecular weight excluding hydrogens is 447 g/mol. The molecule has 3 rings (SSSR count). The number of hydrazone groups is 1. The highest BCUT2D eigenvalue weighted by Gasteiger charge is 2.26. The van der Waals surface area contributed by atoms with Crippen LogP contribution in [0, 0.1) is 12.7 Å². The molecule has 1 fully saturated rings. The van der Waals surface area contributed by atoms with E-state index in [4.69, 9.17) is 4.74 Å². The largest absolute Gasteiger partial charge is 0.444 e. The fourth-order valence-electron chi connectivity index (χ4n) is 3.31. The van der Waals surface area contributed by atoms with Crippen molar-refractivity contribution >= 4 is 28.0 Å². The van der Waals surface area contributed by atoms with Gasteiger partial charge in [0, 0.05) is 37.4 Å². The molecule has 0 saturated carbocycles. The maximum atomic E-state index is 13.9. The number of nitrogens with zero attached hydrogens (tertiary/aromatic N) is 3. The third-order valence-electron chi connectivity index (χ3n) is 4.97. The molecule has 0 unspecified atom stereocenters. The molecule has 0 aliphatic carbocycles. The Hall–Kier alpha value is -3.14. The first-order chi connectivity index (χ1) is 15.4. The van der Waals surface area contributed by atoms with Crippen LogP contribution < -0.4 is 9.73 Å². The lowest BCUT2D eigenvalue weighted by Gasteiger charge is -2.37. The monoisotopic (exact) mass is 476 g/mol. The van der Waals surface area contributed by atoms with E-state index in [-0.39, 0.29) is 11.0 Å². The van der Waals surface area contributed by atoms with Gasteiger partial charge >= 0.3 is 6.09 Å². The Bertz CT molecular complexity index is 1120. The van der Waals surface area contributed by atoms with E-state index >= 15 is 0 Å². The minimum atomic E-state index is -3.84. The van der Waals surface area contributed by atoms with Crippen molar-refractivity contribution in [1.29, 1.82) is 0 Å². The molecule has 2 aromatic carbocycles. The normalized spacial score (nSPS) is 15.1. The van der Waals surface area contributed by atoms with Gasteiger partial charge in [-0.1, -0.05) is 17.7 Å². The summed E-state index contributed by atoms with van der Waals surface area (Å²) in [6.07, 6.45) is 0.915. The average molecular weight is 477 g/mol. The number of rotatable bonds is 5. The van der Waals surface area contributed by atoms with E-state index in [2.05, 4.69) is 9.93 Å². The van der Waals surface area contributed by atoms with Gasteiger partial charge < -0.3 is 14.5 Å². The summed E-state index contributed by atoms with van der Waals surface area (Å²) in [5.74, 6) is -0.464. The zero-order valence-corrected chi connectivity index (χ0v) is 20.0. The summed E-state index contributed by atoms with van der Waals surface area (Å²) in [4.78, 5) is 18.2. The van der Waals surface area contributed by atoms with Crippen molar-refractivity contribution in [1.82, 2.24) is 9.73 Å². The van der Waals surface area contributed by atoms with Crippen LogP contribution in [0.3, 0.4) is 0 Å². The van der Waals surface area contributed by atoms with E-state index in [1.54, 1.807) is 23.1 Å². The van der Waals surface area contributed by atoms with Crippen LogP contribution in [0.4, 0.5) is 14.9 Å². The zero-order valence-electron chi connectivity index (χ0n) is 19.2. The highest BCUT2D eigenvalue weighted by molar-refractivity contribution is 7.89. The Morgan fingerprint density at radius 2 is 1.73 bits per heavy atom. The standard InChI is InChI=1S/C23H29FN4O4S/c1-17-5-8-20(9-6-17)33(30,31)26-25-16-18-15-19(24)7-10-21(18)27-11-13-28(14-12-27)22(29)32-23(2,3)4/h5-10,15-16,26H,11-14H2,1-4H3/b25-16+. The number of hydrogen-bond acceptors (Lipinski definition) is 6. The first kappa shape index (κ1) is 24.5. The first-order valence-corrected chi connectivity index (χ1v) is 12.1. The number of amides is 1. The number of benzene rings is 2. The molecule has 10 heteroatoms. The van der Waals surface area contributed by atoms with Crippen LogP contribution in [0.25, 0.3) is 0 Å². The molecule has 0 radical (unpaired) electrons. The fourth-order valence-corrected chi connectivity index (χ4v) is 4.10. The fraction of sp³-hybridized carbons (Fsp3) is 0.391. The highest BCUT2D eigenvalue weighted by Crippen LogP contribution is 2.23. The lowest BCUT2D eigenvalue weighted by Crippen LogP contribution is -2.50. The summed E-state index contributed by atoms with van der Waals surface area (Å²) in [5.41, 5.74) is 1.49. The minimum Gasteiger partial charge on any atom is -0.444 e. The number of nitrogens with one attached hydrogen (secondary N) is 1. The molecule has 1 amide bonds. The van der Waals surface area contributed by atoms with Crippen LogP contribution in [0.5, 0.6) is 0 Å². The van der Waals surface area contributed by atoms with Crippen LogP contribution in [-0.2, 0) is 14.8 Å². The van der Waals surface area contributed by atoms with Gasteiger partial charge in [-0.05, 0) is 58.0 Å². The minimum absolute atomic E-state index is 0.0861. The van der Waals surface area contributed by atoms with Crippen LogP contribution in [0.2, 0.25) is 0 Å². The molecule has 1 N–H and O–H groups in total. The Balaban J connectivity index is 1.70. The van der Waals surface area contributed by atoms with E-state index in [0.717, 1.165) is 5.56 Å². The van der Waals surface area contributed by atoms with E-state index in [1.165, 1.54) is 30.5 Å². The number of halogens is 1. The number of carbonyl (C=O) groups is 1. The topological polar surface area (TPSA) is 91.3 Å². The van der Waals surface area contributed by atoms with Crippen molar-refractivity contribution in [3.63, 3.8) is 0 Å². The summed E-state index contributed by atoms with van der Waals surface area (Å²) >= 11 is 0. The highest BCUT2D eigenvalue weighted by atomic mass is 32.2. The van der Waals surface area contributed by atoms with Gasteiger partial charge in [0.2, 0.25) is 0 Å². The summed E-state index contributed by atoms with van der Waals surface area (Å²) < 4.78 is 44.2.